The normalized spacial score (nSPS) is 11.3. The maximum atomic E-state index is 8.49. The van der Waals surface area contributed by atoms with Crippen LogP contribution in [0.2, 0.25) is 0 Å². The number of hydrogen-bond donors (Lipinski definition) is 0. The summed E-state index contributed by atoms with van der Waals surface area (Å²) in [5.41, 5.74) is 4.91. The lowest BCUT2D eigenvalue weighted by atomic mass is 10.0. The predicted octanol–water partition coefficient (Wildman–Crippen LogP) is -1.16. The highest BCUT2D eigenvalue weighted by molar-refractivity contribution is 5.81. The maximum Gasteiger partial charge on any atom is 0.164 e. The van der Waals surface area contributed by atoms with E-state index < -0.39 is 10.2 Å². The van der Waals surface area contributed by atoms with E-state index in [9.17, 15) is 0 Å². The van der Waals surface area contributed by atoms with Gasteiger partial charge < -0.3 is 4.90 Å². The molecule has 0 unspecified atom stereocenters. The van der Waals surface area contributed by atoms with Crippen molar-refractivity contribution in [2.24, 2.45) is 0 Å². The lowest BCUT2D eigenvalue weighted by Crippen LogP contribution is -2.68. The first-order chi connectivity index (χ1) is 12.1. The molecule has 0 saturated carbocycles. The lowest BCUT2D eigenvalue weighted by Gasteiger charge is -2.17. The molecule has 0 aliphatic heterocycles. The molecule has 0 aliphatic rings. The van der Waals surface area contributed by atoms with E-state index in [0.717, 1.165) is 0 Å². The second-order valence-electron chi connectivity index (χ2n) is 5.88. The molecule has 0 amide bonds. The Kier molecular flexibility index (Phi) is 8.44. The number of hydrogen-bond acceptors (Lipinski definition) is 5. The van der Waals surface area contributed by atoms with Crippen molar-refractivity contribution in [3.63, 3.8) is 0 Å². The highest BCUT2D eigenvalue weighted by Crippen LogP contribution is 2.23. The van der Waals surface area contributed by atoms with Gasteiger partial charge >= 0.3 is 0 Å². The van der Waals surface area contributed by atoms with Crippen molar-refractivity contribution >= 4 is 11.9 Å². The first-order valence-electron chi connectivity index (χ1n) is 7.74. The van der Waals surface area contributed by atoms with Crippen LogP contribution >= 0.6 is 0 Å². The van der Waals surface area contributed by atoms with Gasteiger partial charge in [-0.3, -0.25) is 0 Å². The molecule has 0 spiro atoms. The molecule has 2 rings (SSSR count). The minimum absolute atomic E-state index is 1.20. The van der Waals surface area contributed by atoms with Crippen molar-refractivity contribution < 1.29 is 33.5 Å². The van der Waals surface area contributed by atoms with Gasteiger partial charge in [0.05, 0.1) is 0 Å². The Morgan fingerprint density at radius 1 is 0.846 bits per heavy atom. The molecule has 0 heterocycles. The molecule has 0 aliphatic carbocycles. The van der Waals surface area contributed by atoms with Crippen LogP contribution in [0.3, 0.4) is 0 Å². The van der Waals surface area contributed by atoms with E-state index in [1.807, 2.05) is 24.7 Å². The highest BCUT2D eigenvalue weighted by atomic mass is 35.7. The first-order valence-corrected chi connectivity index (χ1v) is 8.98. The van der Waals surface area contributed by atoms with Gasteiger partial charge in [-0.1, -0.05) is 54.6 Å². The van der Waals surface area contributed by atoms with Crippen LogP contribution in [0.25, 0.3) is 16.8 Å². The summed E-state index contributed by atoms with van der Waals surface area (Å²) < 4.78 is 36.0. The summed E-state index contributed by atoms with van der Waals surface area (Å²) in [6.45, 7) is 0. The second kappa shape index (κ2) is 10.1. The van der Waals surface area contributed by atoms with Crippen molar-refractivity contribution in [2.75, 3.05) is 28.2 Å². The van der Waals surface area contributed by atoms with Gasteiger partial charge in [0.1, 0.15) is 14.1 Å². The van der Waals surface area contributed by atoms with Crippen LogP contribution in [0.1, 0.15) is 5.56 Å². The summed E-state index contributed by atoms with van der Waals surface area (Å²) >= 11 is 0. The predicted molar refractivity (Wildman–Crippen MR) is 91.7 cm³/mol. The van der Waals surface area contributed by atoms with E-state index in [0.29, 0.717) is 0 Å². The molecule has 2 aromatic carbocycles. The van der Waals surface area contributed by atoms with E-state index in [4.69, 9.17) is 18.6 Å². The molecule has 0 atom stereocenters. The number of rotatable bonds is 4. The molecular formula is C19H23ClN2O4. The molecule has 6 nitrogen and oxygen atoms in total. The van der Waals surface area contributed by atoms with E-state index in [-0.39, 0.29) is 0 Å². The number of halogens is 1. The summed E-state index contributed by atoms with van der Waals surface area (Å²) in [5, 5.41) is 0. The molecule has 0 aromatic heterocycles. The monoisotopic (exact) mass is 378 g/mol. The average molecular weight is 379 g/mol. The van der Waals surface area contributed by atoms with Gasteiger partial charge in [-0.05, 0) is 16.7 Å². The van der Waals surface area contributed by atoms with Crippen LogP contribution in [-0.2, 0) is 0 Å². The molecule has 0 saturated heterocycles. The van der Waals surface area contributed by atoms with Crippen molar-refractivity contribution in [3.05, 3.63) is 66.2 Å². The molecule has 140 valence electrons. The minimum Gasteiger partial charge on any atom is -0.377 e. The van der Waals surface area contributed by atoms with Crippen molar-refractivity contribution in [1.29, 1.82) is 0 Å². The molecule has 2 aromatic rings. The third-order valence-electron chi connectivity index (χ3n) is 3.30. The molecule has 0 bridgehead atoms. The third-order valence-corrected chi connectivity index (χ3v) is 3.30. The van der Waals surface area contributed by atoms with Crippen LogP contribution in [0, 0.1) is 10.2 Å². The quantitative estimate of drug-likeness (QED) is 0.494. The Hall–Kier alpha value is -2.22. The van der Waals surface area contributed by atoms with Gasteiger partial charge in [-0.25, -0.2) is 23.2 Å². The molecule has 0 fully saturated rings. The zero-order valence-corrected chi connectivity index (χ0v) is 16.0. The van der Waals surface area contributed by atoms with Gasteiger partial charge in [-0.2, -0.15) is 0 Å². The molecule has 0 radical (unpaired) electrons. The van der Waals surface area contributed by atoms with Gasteiger partial charge in [-0.15, -0.1) is 10.2 Å². The Balaban J connectivity index is 0.000000597. The molecule has 0 N–H and O–H groups in total. The number of nitrogens with zero attached hydrogens (tertiary/aromatic N) is 2. The fourth-order valence-corrected chi connectivity index (χ4v) is 2.19. The molecule has 26 heavy (non-hydrogen) atoms. The maximum absolute atomic E-state index is 8.49. The largest absolute Gasteiger partial charge is 0.377 e. The van der Waals surface area contributed by atoms with Crippen molar-refractivity contribution in [3.8, 4) is 11.1 Å². The summed E-state index contributed by atoms with van der Waals surface area (Å²) in [6.07, 6.45) is 4.21. The summed E-state index contributed by atoms with van der Waals surface area (Å²) in [4.78, 5) is 2.14. The fourth-order valence-electron chi connectivity index (χ4n) is 2.19. The van der Waals surface area contributed by atoms with Crippen LogP contribution in [0.15, 0.2) is 60.7 Å². The fraction of sp³-hybridized carbons (Fsp3) is 0.211. The standard InChI is InChI=1S/C19H23N2.ClHO4/c1-20(2)15-14-19(21(3)4)18-12-10-17(11-13-18)16-8-6-5-7-9-16;2-1(3,4)5/h5-15H,1-4H3;(H,2,3,4,5)/q+1;/p-1. The Labute approximate surface area is 156 Å². The van der Waals surface area contributed by atoms with Gasteiger partial charge in [0.2, 0.25) is 0 Å². The zero-order chi connectivity index (χ0) is 19.7. The molecule has 7 heteroatoms. The van der Waals surface area contributed by atoms with Gasteiger partial charge in [0, 0.05) is 25.9 Å². The summed E-state index contributed by atoms with van der Waals surface area (Å²) in [6, 6.07) is 19.2. The first kappa shape index (κ1) is 21.8. The Morgan fingerprint density at radius 3 is 1.73 bits per heavy atom. The zero-order valence-electron chi connectivity index (χ0n) is 15.3. The van der Waals surface area contributed by atoms with E-state index in [2.05, 4.69) is 79.8 Å². The lowest BCUT2D eigenvalue weighted by molar-refractivity contribution is -2.00. The van der Waals surface area contributed by atoms with Crippen LogP contribution in [-0.4, -0.2) is 43.9 Å². The number of allylic oxidation sites excluding steroid dienone is 1. The summed E-state index contributed by atoms with van der Waals surface area (Å²) in [7, 11) is 3.26. The van der Waals surface area contributed by atoms with Gasteiger partial charge in [0.25, 0.3) is 0 Å². The van der Waals surface area contributed by atoms with Crippen LogP contribution in [0.4, 0.5) is 0 Å². The topological polar surface area (TPSA) is 98.5 Å². The third kappa shape index (κ3) is 8.75. The average Bonchev–Trinajstić information content (AvgIpc) is 2.54. The van der Waals surface area contributed by atoms with Crippen molar-refractivity contribution in [2.45, 2.75) is 0 Å². The summed E-state index contributed by atoms with van der Waals surface area (Å²) in [5.74, 6) is 0. The Morgan fingerprint density at radius 2 is 1.31 bits per heavy atom. The second-order valence-corrected chi connectivity index (χ2v) is 6.64. The van der Waals surface area contributed by atoms with E-state index in [1.54, 1.807) is 0 Å². The van der Waals surface area contributed by atoms with E-state index >= 15 is 0 Å². The van der Waals surface area contributed by atoms with E-state index in [1.165, 1.54) is 22.4 Å². The Bertz CT molecular complexity index is 726. The minimum atomic E-state index is -4.94. The van der Waals surface area contributed by atoms with Crippen molar-refractivity contribution in [1.82, 2.24) is 4.90 Å². The smallest absolute Gasteiger partial charge is 0.164 e. The molecular weight excluding hydrogens is 356 g/mol. The SMILES string of the molecule is CN(C)/C(=C/C=[N+](C)C)c1ccc(-c2ccccc2)cc1.[O-][Cl+3]([O-])([O-])[O-]. The highest BCUT2D eigenvalue weighted by Gasteiger charge is 2.05. The number of benzene rings is 2. The van der Waals surface area contributed by atoms with Crippen LogP contribution < -0.4 is 18.6 Å². The van der Waals surface area contributed by atoms with Crippen LogP contribution in [0.5, 0.6) is 0 Å². The van der Waals surface area contributed by atoms with Gasteiger partial charge in [0.15, 0.2) is 6.21 Å².